The van der Waals surface area contributed by atoms with E-state index in [9.17, 15) is 4.79 Å². The summed E-state index contributed by atoms with van der Waals surface area (Å²) >= 11 is 0. The number of benzene rings is 8. The van der Waals surface area contributed by atoms with Crippen molar-refractivity contribution in [3.8, 4) is 0 Å². The Bertz CT molecular complexity index is 3540. The Hall–Kier alpha value is -4.33. The summed E-state index contributed by atoms with van der Waals surface area (Å²) in [6.07, 6.45) is 2.04. The molecular weight excluding hydrogens is 1000 g/mol. The van der Waals surface area contributed by atoms with Crippen molar-refractivity contribution in [1.82, 2.24) is 0 Å². The van der Waals surface area contributed by atoms with Crippen LogP contribution in [-0.4, -0.2) is 22.5 Å². The molecule has 10 fully saturated rings. The molecule has 8 aromatic carbocycles. The number of carbonyl (C=O) groups excluding carboxylic acids is 1. The maximum absolute atomic E-state index is 14.1. The summed E-state index contributed by atoms with van der Waals surface area (Å²) in [5, 5.41) is 12.8. The normalized spacial score (nSPS) is 42.3. The van der Waals surface area contributed by atoms with E-state index < -0.39 is 38.2 Å². The van der Waals surface area contributed by atoms with Gasteiger partial charge in [-0.25, -0.2) is 0 Å². The van der Waals surface area contributed by atoms with Gasteiger partial charge in [0, 0.05) is 0 Å². The van der Waals surface area contributed by atoms with Gasteiger partial charge in [0.1, 0.15) is 0 Å². The van der Waals surface area contributed by atoms with E-state index >= 15 is 0 Å². The molecule has 364 valence electrons. The molecule has 0 N–H and O–H groups in total. The summed E-state index contributed by atoms with van der Waals surface area (Å²) in [6, 6.07) is 98.1. The summed E-state index contributed by atoms with van der Waals surface area (Å²) in [5.41, 5.74) is -0.148. The molecule has 10 aliphatic heterocycles. The molecule has 0 radical (unpaired) electrons. The maximum atomic E-state index is 14.1. The number of hydrogen-bond donors (Lipinski definition) is 0. The van der Waals surface area contributed by atoms with E-state index in [-0.39, 0.29) is 35.7 Å². The van der Waals surface area contributed by atoms with Crippen molar-refractivity contribution in [2.75, 3.05) is 0 Å². The molecule has 18 rings (SSSR count). The van der Waals surface area contributed by atoms with Gasteiger partial charge in [-0.2, -0.15) is 0 Å². The second-order valence-electron chi connectivity index (χ2n) is 26.5. The van der Waals surface area contributed by atoms with Crippen LogP contribution in [0.1, 0.15) is 41.0 Å². The van der Waals surface area contributed by atoms with E-state index in [4.69, 9.17) is 0 Å². The van der Waals surface area contributed by atoms with Crippen LogP contribution in [0.4, 0.5) is 0 Å². The SMILES string of the molecule is CC(C)(C)[C]12[CH]3[C]4(P(c5ccccc5)c5ccccc5)[C]5(P(c6ccccc6)c6ccccc6)[CH]1[Fe]32451678[CH]2[C]1(C(C)(C)CC=O)[CH]6[C]7(P(c1ccccc1)c1ccccc1)[C]28P(c1ccccc1)c1ccccc1. The second-order valence-corrected chi connectivity index (χ2v) is 59.6. The van der Waals surface area contributed by atoms with Gasteiger partial charge in [-0.15, -0.1) is 0 Å². The Morgan fingerprint density at radius 2 is 0.534 bits per heavy atom. The number of rotatable bonds is 15. The standard InChI is InChI=1S/C34H31OP2.C33H31P2.Fe/c1-34(2,23-24-35)27-25-32(36(28-15-7-3-8-16-28)29-17-9-4-10-18-29)33(26-27)37(30-19-11-5-12-20-30)31-21-13-6-14-22-31;1-33(2,3)26-24-31(34(27-16-8-4-9-17-27)28-18-10-5-11-19-28)32(25-26)35(29-20-12-6-13-21-29)30-22-14-7-15-23-30;/h3-22,24-26H,23H2,1-2H3;4-25H,1-3H3;. The van der Waals surface area contributed by atoms with E-state index in [1.54, 1.807) is 42.4 Å². The van der Waals surface area contributed by atoms with Gasteiger partial charge in [-0.1, -0.05) is 0 Å². The molecule has 10 saturated heterocycles. The molecule has 8 unspecified atom stereocenters. The van der Waals surface area contributed by atoms with Crippen LogP contribution in [0.2, 0.25) is 27.9 Å². The molecule has 6 heteroatoms. The van der Waals surface area contributed by atoms with E-state index in [1.165, 1.54) is 6.29 Å². The van der Waals surface area contributed by atoms with Crippen LogP contribution in [0.25, 0.3) is 0 Å². The topological polar surface area (TPSA) is 17.1 Å². The molecule has 0 bridgehead atoms. The first-order chi connectivity index (χ1) is 35.4. The molecule has 73 heavy (non-hydrogen) atoms. The van der Waals surface area contributed by atoms with Crippen molar-refractivity contribution in [3.63, 3.8) is 0 Å². The van der Waals surface area contributed by atoms with Crippen molar-refractivity contribution in [1.29, 1.82) is 0 Å². The number of hydrogen-bond acceptors (Lipinski definition) is 1. The van der Waals surface area contributed by atoms with Gasteiger partial charge in [-0.3, -0.25) is 0 Å². The quantitative estimate of drug-likeness (QED) is 0.0568. The van der Waals surface area contributed by atoms with E-state index in [2.05, 4.69) is 277 Å². The van der Waals surface area contributed by atoms with Crippen LogP contribution in [0, 0.1) is 10.8 Å². The van der Waals surface area contributed by atoms with E-state index in [1.807, 2.05) is 0 Å². The molecule has 1 nitrogen and oxygen atoms in total. The number of fused-ring (bicyclic) bond motifs is 10. The van der Waals surface area contributed by atoms with Crippen molar-refractivity contribution < 1.29 is 11.3 Å². The molecule has 8 aromatic rings. The van der Waals surface area contributed by atoms with Crippen LogP contribution < -0.4 is 42.4 Å². The van der Waals surface area contributed by atoms with Gasteiger partial charge in [0.25, 0.3) is 0 Å². The molecule has 0 aliphatic carbocycles. The van der Waals surface area contributed by atoms with Gasteiger partial charge in [0.15, 0.2) is 0 Å². The minimum atomic E-state index is -6.38. The first-order valence-corrected chi connectivity index (χ1v) is 37.9. The zero-order valence-electron chi connectivity index (χ0n) is 42.2. The predicted molar refractivity (Wildman–Crippen MR) is 312 cm³/mol. The van der Waals surface area contributed by atoms with Crippen LogP contribution in [0.15, 0.2) is 243 Å². The van der Waals surface area contributed by atoms with Crippen LogP contribution >= 0.6 is 31.7 Å². The third kappa shape index (κ3) is 1.67. The Labute approximate surface area is 427 Å². The van der Waals surface area contributed by atoms with Gasteiger partial charge in [0.2, 0.25) is 0 Å². The molecule has 10 heterocycles. The fraction of sp³-hybridized carbons (Fsp3) is 0.269. The monoisotopic (exact) mass is 1060 g/mol. The molecule has 0 aromatic heterocycles. The van der Waals surface area contributed by atoms with Crippen LogP contribution in [0.5, 0.6) is 0 Å². The van der Waals surface area contributed by atoms with Gasteiger partial charge in [0.05, 0.1) is 0 Å². The summed E-state index contributed by atoms with van der Waals surface area (Å²) < 4.78 is 0.696. The molecule has 0 saturated carbocycles. The van der Waals surface area contributed by atoms with Crippen molar-refractivity contribution in [3.05, 3.63) is 243 Å². The summed E-state index contributed by atoms with van der Waals surface area (Å²) in [5.74, 6) is 0. The third-order valence-electron chi connectivity index (χ3n) is 27.2. The molecule has 10 aliphatic rings. The van der Waals surface area contributed by atoms with Crippen LogP contribution in [0.3, 0.4) is 0 Å². The van der Waals surface area contributed by atoms with Crippen molar-refractivity contribution in [2.24, 2.45) is 10.8 Å². The first kappa shape index (κ1) is 42.8. The molecule has 8 atom stereocenters. The predicted octanol–water partition coefficient (Wildman–Crippen LogP) is 13.9. The average Bonchev–Trinajstić information content (AvgIpc) is 1.02. The average molecular weight is 1060 g/mol. The fourth-order valence-corrected chi connectivity index (χ4v) is 178. The van der Waals surface area contributed by atoms with Crippen molar-refractivity contribution >= 4 is 80.4 Å². The van der Waals surface area contributed by atoms with Gasteiger partial charge in [-0.05, 0) is 0 Å². The molecule has 0 amide bonds. The zero-order valence-corrected chi connectivity index (χ0v) is 46.9. The Kier molecular flexibility index (Phi) is 5.53. The Morgan fingerprint density at radius 3 is 0.712 bits per heavy atom. The summed E-state index contributed by atoms with van der Waals surface area (Å²) in [6.45, 7) is 7.39. The van der Waals surface area contributed by atoms with Gasteiger partial charge >= 0.3 is 430 Å². The first-order valence-electron chi connectivity index (χ1n) is 26.7. The van der Waals surface area contributed by atoms with E-state index in [0.717, 1.165) is 0 Å². The molecule has 1 spiro atoms. The third-order valence-corrected chi connectivity index (χ3v) is 99.9. The zero-order chi connectivity index (χ0) is 49.3. The number of carbonyl (C=O) groups is 1. The summed E-state index contributed by atoms with van der Waals surface area (Å²) in [7, 11) is -3.75. The molecular formula is C67H62FeOP4. The second kappa shape index (κ2) is 9.42. The van der Waals surface area contributed by atoms with Gasteiger partial charge < -0.3 is 0 Å². The Balaban J connectivity index is 1.16. The van der Waals surface area contributed by atoms with Crippen LogP contribution in [-0.2, 0) is 11.3 Å². The fourth-order valence-electron chi connectivity index (χ4n) is 30.8. The number of aldehydes is 1. The summed E-state index contributed by atoms with van der Waals surface area (Å²) in [4.78, 5) is 16.7. The van der Waals surface area contributed by atoms with E-state index in [0.29, 0.717) is 25.7 Å². The Morgan fingerprint density at radius 1 is 0.342 bits per heavy atom. The van der Waals surface area contributed by atoms with Crippen molar-refractivity contribution in [2.45, 2.75) is 85.1 Å². The minimum absolute atomic E-state index is 0.0394.